The van der Waals surface area contributed by atoms with E-state index < -0.39 is 0 Å². The van der Waals surface area contributed by atoms with Gasteiger partial charge < -0.3 is 9.47 Å². The van der Waals surface area contributed by atoms with Gasteiger partial charge in [0, 0.05) is 7.11 Å². The predicted molar refractivity (Wildman–Crippen MR) is 65.3 cm³/mol. The number of esters is 1. The molecule has 1 aromatic carbocycles. The van der Waals surface area contributed by atoms with Crippen molar-refractivity contribution in [3.05, 3.63) is 41.5 Å². The number of methoxy groups -OCH3 is 1. The predicted octanol–water partition coefficient (Wildman–Crippen LogP) is 2.58. The van der Waals surface area contributed by atoms with Crippen LogP contribution < -0.4 is 0 Å². The van der Waals surface area contributed by atoms with Gasteiger partial charge in [-0.3, -0.25) is 4.79 Å². The van der Waals surface area contributed by atoms with Crippen LogP contribution in [-0.2, 0) is 14.3 Å². The van der Waals surface area contributed by atoms with Crippen LogP contribution in [0.4, 0.5) is 0 Å². The van der Waals surface area contributed by atoms with E-state index in [0.29, 0.717) is 6.61 Å². The van der Waals surface area contributed by atoms with Gasteiger partial charge in [-0.1, -0.05) is 36.4 Å². The first-order valence-electron chi connectivity index (χ1n) is 5.74. The SMILES string of the molecule is CCOC(=O)C1C=Cc2ccccc2C1OC. The first-order valence-corrected chi connectivity index (χ1v) is 5.74. The summed E-state index contributed by atoms with van der Waals surface area (Å²) >= 11 is 0. The van der Waals surface area contributed by atoms with Crippen LogP contribution in [0, 0.1) is 5.92 Å². The minimum absolute atomic E-state index is 0.231. The van der Waals surface area contributed by atoms with Crippen molar-refractivity contribution in [2.75, 3.05) is 13.7 Å². The van der Waals surface area contributed by atoms with Crippen molar-refractivity contribution in [2.45, 2.75) is 13.0 Å². The monoisotopic (exact) mass is 232 g/mol. The normalized spacial score (nSPS) is 22.0. The van der Waals surface area contributed by atoms with Crippen molar-refractivity contribution >= 4 is 12.0 Å². The van der Waals surface area contributed by atoms with E-state index in [2.05, 4.69) is 0 Å². The Labute approximate surface area is 101 Å². The Hall–Kier alpha value is -1.61. The number of rotatable bonds is 3. The molecule has 3 heteroatoms. The molecule has 0 amide bonds. The molecule has 2 unspecified atom stereocenters. The highest BCUT2D eigenvalue weighted by atomic mass is 16.5. The summed E-state index contributed by atoms with van der Waals surface area (Å²) < 4.78 is 10.5. The summed E-state index contributed by atoms with van der Waals surface area (Å²) in [6.45, 7) is 2.20. The third kappa shape index (κ3) is 2.24. The summed E-state index contributed by atoms with van der Waals surface area (Å²) in [5.74, 6) is -0.583. The molecule has 1 aromatic rings. The molecule has 0 aliphatic heterocycles. The van der Waals surface area contributed by atoms with Gasteiger partial charge in [0.2, 0.25) is 0 Å². The lowest BCUT2D eigenvalue weighted by Gasteiger charge is -2.27. The molecule has 1 aliphatic carbocycles. The van der Waals surface area contributed by atoms with Crippen LogP contribution in [0.5, 0.6) is 0 Å². The number of carbonyl (C=O) groups is 1. The molecule has 0 spiro atoms. The maximum Gasteiger partial charge on any atom is 0.315 e. The van der Waals surface area contributed by atoms with Crippen LogP contribution >= 0.6 is 0 Å². The minimum Gasteiger partial charge on any atom is -0.465 e. The van der Waals surface area contributed by atoms with Gasteiger partial charge in [0.15, 0.2) is 0 Å². The quantitative estimate of drug-likeness (QED) is 0.751. The van der Waals surface area contributed by atoms with Crippen LogP contribution in [0.2, 0.25) is 0 Å². The maximum absolute atomic E-state index is 11.8. The van der Waals surface area contributed by atoms with Crippen molar-refractivity contribution in [3.63, 3.8) is 0 Å². The second-order valence-electron chi connectivity index (χ2n) is 3.92. The summed E-state index contributed by atoms with van der Waals surface area (Å²) in [6, 6.07) is 7.92. The lowest BCUT2D eigenvalue weighted by Crippen LogP contribution is -2.26. The molecule has 0 N–H and O–H groups in total. The zero-order chi connectivity index (χ0) is 12.3. The highest BCUT2D eigenvalue weighted by molar-refractivity contribution is 5.79. The van der Waals surface area contributed by atoms with E-state index in [9.17, 15) is 4.79 Å². The summed E-state index contributed by atoms with van der Waals surface area (Å²) in [7, 11) is 1.62. The van der Waals surface area contributed by atoms with Crippen molar-refractivity contribution in [1.82, 2.24) is 0 Å². The number of ether oxygens (including phenoxy) is 2. The van der Waals surface area contributed by atoms with Crippen molar-refractivity contribution in [3.8, 4) is 0 Å². The fraction of sp³-hybridized carbons (Fsp3) is 0.357. The summed E-state index contributed by atoms with van der Waals surface area (Å²) in [5.41, 5.74) is 2.13. The fourth-order valence-electron chi connectivity index (χ4n) is 2.14. The van der Waals surface area contributed by atoms with Gasteiger partial charge in [-0.2, -0.15) is 0 Å². The zero-order valence-corrected chi connectivity index (χ0v) is 10.1. The lowest BCUT2D eigenvalue weighted by atomic mass is 9.87. The van der Waals surface area contributed by atoms with Crippen molar-refractivity contribution in [2.24, 2.45) is 5.92 Å². The van der Waals surface area contributed by atoms with Gasteiger partial charge >= 0.3 is 5.97 Å². The maximum atomic E-state index is 11.8. The number of fused-ring (bicyclic) bond motifs is 1. The van der Waals surface area contributed by atoms with Crippen molar-refractivity contribution < 1.29 is 14.3 Å². The highest BCUT2D eigenvalue weighted by Crippen LogP contribution is 2.35. The van der Waals surface area contributed by atoms with Gasteiger partial charge in [0.25, 0.3) is 0 Å². The van der Waals surface area contributed by atoms with Gasteiger partial charge in [-0.15, -0.1) is 0 Å². The largest absolute Gasteiger partial charge is 0.465 e. The Kier molecular flexibility index (Phi) is 3.59. The van der Waals surface area contributed by atoms with Crippen LogP contribution in [-0.4, -0.2) is 19.7 Å². The Morgan fingerprint density at radius 2 is 2.12 bits per heavy atom. The second-order valence-corrected chi connectivity index (χ2v) is 3.92. The fourth-order valence-corrected chi connectivity index (χ4v) is 2.14. The molecule has 2 atom stereocenters. The standard InChI is InChI=1S/C14H16O3/c1-3-17-14(15)12-9-8-10-6-4-5-7-11(10)13(12)16-2/h4-9,12-13H,3H2,1-2H3. The Bertz CT molecular complexity index is 437. The molecular formula is C14H16O3. The average Bonchev–Trinajstić information content (AvgIpc) is 2.37. The third-order valence-corrected chi connectivity index (χ3v) is 2.92. The molecule has 0 saturated heterocycles. The van der Waals surface area contributed by atoms with Gasteiger partial charge in [0.1, 0.15) is 5.92 Å². The molecule has 17 heavy (non-hydrogen) atoms. The Morgan fingerprint density at radius 1 is 1.35 bits per heavy atom. The van der Waals surface area contributed by atoms with Crippen molar-refractivity contribution in [1.29, 1.82) is 0 Å². The van der Waals surface area contributed by atoms with E-state index in [4.69, 9.17) is 9.47 Å². The van der Waals surface area contributed by atoms with Gasteiger partial charge in [-0.05, 0) is 18.1 Å². The second kappa shape index (κ2) is 5.15. The Morgan fingerprint density at radius 3 is 2.82 bits per heavy atom. The molecule has 0 radical (unpaired) electrons. The molecule has 0 bridgehead atoms. The number of benzene rings is 1. The number of hydrogen-bond donors (Lipinski definition) is 0. The molecule has 0 aromatic heterocycles. The zero-order valence-electron chi connectivity index (χ0n) is 10.1. The summed E-state index contributed by atoms with van der Waals surface area (Å²) in [5, 5.41) is 0. The molecule has 1 aliphatic rings. The van der Waals surface area contributed by atoms with Crippen LogP contribution in [0.3, 0.4) is 0 Å². The first-order chi connectivity index (χ1) is 8.27. The lowest BCUT2D eigenvalue weighted by molar-refractivity contribution is -0.150. The first kappa shape index (κ1) is 11.9. The molecular weight excluding hydrogens is 216 g/mol. The van der Waals surface area contributed by atoms with E-state index in [1.807, 2.05) is 36.4 Å². The minimum atomic E-state index is -0.352. The molecule has 3 nitrogen and oxygen atoms in total. The van der Waals surface area contributed by atoms with E-state index in [0.717, 1.165) is 11.1 Å². The van der Waals surface area contributed by atoms with Crippen LogP contribution in [0.25, 0.3) is 6.08 Å². The van der Waals surface area contributed by atoms with E-state index in [-0.39, 0.29) is 18.0 Å². The average molecular weight is 232 g/mol. The molecule has 0 saturated carbocycles. The van der Waals surface area contributed by atoms with Crippen LogP contribution in [0.15, 0.2) is 30.3 Å². The van der Waals surface area contributed by atoms with E-state index in [1.54, 1.807) is 14.0 Å². The van der Waals surface area contributed by atoms with Gasteiger partial charge in [0.05, 0.1) is 12.7 Å². The molecule has 0 fully saturated rings. The van der Waals surface area contributed by atoms with E-state index >= 15 is 0 Å². The number of carbonyl (C=O) groups excluding carboxylic acids is 1. The van der Waals surface area contributed by atoms with E-state index in [1.165, 1.54) is 0 Å². The Balaban J connectivity index is 2.32. The topological polar surface area (TPSA) is 35.5 Å². The van der Waals surface area contributed by atoms with Crippen LogP contribution in [0.1, 0.15) is 24.2 Å². The third-order valence-electron chi connectivity index (χ3n) is 2.92. The van der Waals surface area contributed by atoms with Gasteiger partial charge in [-0.25, -0.2) is 0 Å². The molecule has 90 valence electrons. The summed E-state index contributed by atoms with van der Waals surface area (Å²) in [6.07, 6.45) is 3.55. The molecule has 0 heterocycles. The smallest absolute Gasteiger partial charge is 0.315 e. The number of hydrogen-bond acceptors (Lipinski definition) is 3. The highest BCUT2D eigenvalue weighted by Gasteiger charge is 2.32. The molecule has 2 rings (SSSR count). The summed E-state index contributed by atoms with van der Waals surface area (Å²) in [4.78, 5) is 11.8.